The number of hydrogen-bond donors (Lipinski definition) is 0. The van der Waals surface area contributed by atoms with Gasteiger partial charge in [-0.1, -0.05) is 29.3 Å². The molecule has 130 valence electrons. The highest BCUT2D eigenvalue weighted by atomic mass is 35.5. The number of halogens is 1. The van der Waals surface area contributed by atoms with Gasteiger partial charge < -0.3 is 14.4 Å². The van der Waals surface area contributed by atoms with E-state index in [0.29, 0.717) is 36.2 Å². The quantitative estimate of drug-likeness (QED) is 0.817. The highest BCUT2D eigenvalue weighted by Crippen LogP contribution is 2.38. The Balaban J connectivity index is 1.58. The van der Waals surface area contributed by atoms with Gasteiger partial charge in [0.15, 0.2) is 11.5 Å². The maximum atomic E-state index is 12.9. The van der Waals surface area contributed by atoms with Crippen LogP contribution in [0.5, 0.6) is 11.5 Å². The molecule has 4 nitrogen and oxygen atoms in total. The van der Waals surface area contributed by atoms with Crippen molar-refractivity contribution in [2.75, 3.05) is 24.7 Å². The summed E-state index contributed by atoms with van der Waals surface area (Å²) in [6.45, 7) is 3.83. The molecule has 0 bridgehead atoms. The van der Waals surface area contributed by atoms with Crippen molar-refractivity contribution in [3.63, 3.8) is 0 Å². The third kappa shape index (κ3) is 3.19. The van der Waals surface area contributed by atoms with Crippen LogP contribution in [-0.2, 0) is 17.6 Å². The highest BCUT2D eigenvalue weighted by molar-refractivity contribution is 6.32. The van der Waals surface area contributed by atoms with E-state index in [9.17, 15) is 4.79 Å². The minimum absolute atomic E-state index is 0.0811. The van der Waals surface area contributed by atoms with Crippen LogP contribution in [0.15, 0.2) is 30.3 Å². The molecule has 0 spiro atoms. The number of nitrogens with zero attached hydrogens (tertiary/aromatic N) is 1. The van der Waals surface area contributed by atoms with Gasteiger partial charge in [-0.2, -0.15) is 0 Å². The molecule has 1 amide bonds. The summed E-state index contributed by atoms with van der Waals surface area (Å²) in [6, 6.07) is 9.95. The van der Waals surface area contributed by atoms with Crippen molar-refractivity contribution >= 4 is 23.2 Å². The first-order valence-corrected chi connectivity index (χ1v) is 8.97. The van der Waals surface area contributed by atoms with Gasteiger partial charge in [0.25, 0.3) is 0 Å². The topological polar surface area (TPSA) is 38.8 Å². The number of anilines is 1. The fourth-order valence-corrected chi connectivity index (χ4v) is 3.81. The second kappa shape index (κ2) is 6.60. The third-order valence-corrected chi connectivity index (χ3v) is 4.95. The summed E-state index contributed by atoms with van der Waals surface area (Å²) in [6.07, 6.45) is 2.31. The first-order valence-electron chi connectivity index (χ1n) is 8.60. The van der Waals surface area contributed by atoms with Crippen LogP contribution >= 0.6 is 11.6 Å². The van der Waals surface area contributed by atoms with Crippen molar-refractivity contribution in [2.24, 2.45) is 0 Å². The Morgan fingerprint density at radius 1 is 1.20 bits per heavy atom. The SMILES string of the molecule is Cc1ccc2c(c1)CCCN2C(=O)Cc1cc(Cl)c2c(c1)OCCO2. The number of benzene rings is 2. The minimum atomic E-state index is 0.0811. The largest absolute Gasteiger partial charge is 0.486 e. The number of fused-ring (bicyclic) bond motifs is 2. The summed E-state index contributed by atoms with van der Waals surface area (Å²) in [5.41, 5.74) is 4.36. The molecular formula is C20H20ClNO3. The summed E-state index contributed by atoms with van der Waals surface area (Å²) < 4.78 is 11.1. The number of rotatable bonds is 2. The molecule has 2 aromatic rings. The Labute approximate surface area is 152 Å². The van der Waals surface area contributed by atoms with Crippen LogP contribution < -0.4 is 14.4 Å². The lowest BCUT2D eigenvalue weighted by molar-refractivity contribution is -0.118. The average Bonchev–Trinajstić information content (AvgIpc) is 2.61. The minimum Gasteiger partial charge on any atom is -0.486 e. The van der Waals surface area contributed by atoms with Gasteiger partial charge in [-0.15, -0.1) is 0 Å². The molecule has 0 unspecified atom stereocenters. The van der Waals surface area contributed by atoms with Gasteiger partial charge in [0.05, 0.1) is 11.4 Å². The summed E-state index contributed by atoms with van der Waals surface area (Å²) in [7, 11) is 0. The van der Waals surface area contributed by atoms with E-state index in [2.05, 4.69) is 25.1 Å². The van der Waals surface area contributed by atoms with Gasteiger partial charge in [0.1, 0.15) is 13.2 Å². The monoisotopic (exact) mass is 357 g/mol. The predicted octanol–water partition coefficient (Wildman–Crippen LogP) is 3.94. The fourth-order valence-electron chi connectivity index (χ4n) is 3.52. The Morgan fingerprint density at radius 2 is 2.04 bits per heavy atom. The number of ether oxygens (including phenoxy) is 2. The molecule has 0 aromatic heterocycles. The normalized spacial score (nSPS) is 15.7. The average molecular weight is 358 g/mol. The van der Waals surface area contributed by atoms with E-state index in [1.165, 1.54) is 11.1 Å². The molecule has 0 saturated carbocycles. The van der Waals surface area contributed by atoms with Crippen LogP contribution in [0.3, 0.4) is 0 Å². The van der Waals surface area contributed by atoms with Gasteiger partial charge in [0.2, 0.25) is 5.91 Å². The second-order valence-corrected chi connectivity index (χ2v) is 6.97. The molecule has 0 saturated heterocycles. The molecule has 2 aliphatic rings. The van der Waals surface area contributed by atoms with Crippen LogP contribution in [0.25, 0.3) is 0 Å². The molecular weight excluding hydrogens is 338 g/mol. The second-order valence-electron chi connectivity index (χ2n) is 6.56. The van der Waals surface area contributed by atoms with Gasteiger partial charge >= 0.3 is 0 Å². The molecule has 0 radical (unpaired) electrons. The van der Waals surface area contributed by atoms with Crippen molar-refractivity contribution in [3.05, 3.63) is 52.0 Å². The summed E-state index contributed by atoms with van der Waals surface area (Å²) >= 11 is 6.29. The molecule has 2 heterocycles. The van der Waals surface area contributed by atoms with E-state index in [1.807, 2.05) is 11.0 Å². The lowest BCUT2D eigenvalue weighted by Gasteiger charge is -2.30. The van der Waals surface area contributed by atoms with Gasteiger partial charge in [-0.25, -0.2) is 0 Å². The molecule has 5 heteroatoms. The maximum Gasteiger partial charge on any atom is 0.231 e. The lowest BCUT2D eigenvalue weighted by Crippen LogP contribution is -2.36. The Bertz CT molecular complexity index is 834. The van der Waals surface area contributed by atoms with E-state index in [1.54, 1.807) is 6.07 Å². The molecule has 0 fully saturated rings. The van der Waals surface area contributed by atoms with Crippen LogP contribution in [0, 0.1) is 6.92 Å². The smallest absolute Gasteiger partial charge is 0.231 e. The molecule has 0 N–H and O–H groups in total. The van der Waals surface area contributed by atoms with Crippen molar-refractivity contribution in [1.29, 1.82) is 0 Å². The van der Waals surface area contributed by atoms with Crippen molar-refractivity contribution in [1.82, 2.24) is 0 Å². The van der Waals surface area contributed by atoms with E-state index >= 15 is 0 Å². The van der Waals surface area contributed by atoms with Crippen LogP contribution in [0.4, 0.5) is 5.69 Å². The zero-order chi connectivity index (χ0) is 17.4. The third-order valence-electron chi connectivity index (χ3n) is 4.67. The van der Waals surface area contributed by atoms with Crippen molar-refractivity contribution < 1.29 is 14.3 Å². The predicted molar refractivity (Wildman–Crippen MR) is 98.0 cm³/mol. The van der Waals surface area contributed by atoms with E-state index in [0.717, 1.165) is 30.6 Å². The van der Waals surface area contributed by atoms with Crippen molar-refractivity contribution in [2.45, 2.75) is 26.2 Å². The zero-order valence-corrected chi connectivity index (χ0v) is 14.9. The summed E-state index contributed by atoms with van der Waals surface area (Å²) in [4.78, 5) is 14.8. The van der Waals surface area contributed by atoms with Crippen LogP contribution in [-0.4, -0.2) is 25.7 Å². The maximum absolute atomic E-state index is 12.9. The highest BCUT2D eigenvalue weighted by Gasteiger charge is 2.24. The Kier molecular flexibility index (Phi) is 4.30. The van der Waals surface area contributed by atoms with Gasteiger partial charge in [-0.3, -0.25) is 4.79 Å². The number of carbonyl (C=O) groups is 1. The summed E-state index contributed by atoms with van der Waals surface area (Å²) in [5, 5.41) is 0.495. The molecule has 2 aliphatic heterocycles. The Morgan fingerprint density at radius 3 is 2.92 bits per heavy atom. The first kappa shape index (κ1) is 16.3. The number of amides is 1. The number of hydrogen-bond acceptors (Lipinski definition) is 3. The zero-order valence-electron chi connectivity index (χ0n) is 14.2. The Hall–Kier alpha value is -2.20. The van der Waals surface area contributed by atoms with E-state index < -0.39 is 0 Å². The molecule has 4 rings (SSSR count). The molecule has 25 heavy (non-hydrogen) atoms. The first-order chi connectivity index (χ1) is 12.1. The van der Waals surface area contributed by atoms with Crippen molar-refractivity contribution in [3.8, 4) is 11.5 Å². The number of carbonyl (C=O) groups excluding carboxylic acids is 1. The molecule has 0 aliphatic carbocycles. The summed E-state index contributed by atoms with van der Waals surface area (Å²) in [5.74, 6) is 1.27. The number of aryl methyl sites for hydroxylation is 2. The lowest BCUT2D eigenvalue weighted by atomic mass is 9.99. The van der Waals surface area contributed by atoms with Crippen LogP contribution in [0.2, 0.25) is 5.02 Å². The molecule has 2 aromatic carbocycles. The standard InChI is InChI=1S/C20H20ClNO3/c1-13-4-5-17-15(9-13)3-2-6-22(17)19(23)12-14-10-16(21)20-18(11-14)24-7-8-25-20/h4-5,9-11H,2-3,6-8,12H2,1H3. The van der Waals surface area contributed by atoms with E-state index in [-0.39, 0.29) is 5.91 Å². The molecule has 0 atom stereocenters. The van der Waals surface area contributed by atoms with E-state index in [4.69, 9.17) is 21.1 Å². The van der Waals surface area contributed by atoms with Gasteiger partial charge in [-0.05, 0) is 49.1 Å². The van der Waals surface area contributed by atoms with Crippen LogP contribution in [0.1, 0.15) is 23.1 Å². The fraction of sp³-hybridized carbons (Fsp3) is 0.350. The van der Waals surface area contributed by atoms with Gasteiger partial charge in [0, 0.05) is 12.2 Å².